The van der Waals surface area contributed by atoms with Crippen LogP contribution in [0.15, 0.2) is 54.6 Å². The molecule has 0 aliphatic heterocycles. The highest BCUT2D eigenvalue weighted by Crippen LogP contribution is 2.29. The van der Waals surface area contributed by atoms with Gasteiger partial charge in [-0.25, -0.2) is 14.8 Å². The molecule has 0 bridgehead atoms. The number of nitrogens with zero attached hydrogens (tertiary/aromatic N) is 2. The molecule has 1 aromatic heterocycles. The third kappa shape index (κ3) is 5.70. The summed E-state index contributed by atoms with van der Waals surface area (Å²) in [5.41, 5.74) is 7.25. The van der Waals surface area contributed by atoms with Crippen molar-refractivity contribution in [1.29, 1.82) is 0 Å². The van der Waals surface area contributed by atoms with Gasteiger partial charge in [-0.3, -0.25) is 4.79 Å². The maximum Gasteiger partial charge on any atom is 0.323 e. The van der Waals surface area contributed by atoms with Crippen molar-refractivity contribution in [3.8, 4) is 17.1 Å². The fourth-order valence-corrected chi connectivity index (χ4v) is 2.84. The summed E-state index contributed by atoms with van der Waals surface area (Å²) >= 11 is 0. The topological polar surface area (TPSA) is 151 Å². The van der Waals surface area contributed by atoms with E-state index in [0.29, 0.717) is 16.9 Å². The molecule has 2 aromatic carbocycles. The van der Waals surface area contributed by atoms with E-state index in [1.54, 1.807) is 43.3 Å². The van der Waals surface area contributed by atoms with E-state index >= 15 is 0 Å². The summed E-state index contributed by atoms with van der Waals surface area (Å²) in [5, 5.41) is 17.5. The van der Waals surface area contributed by atoms with Crippen LogP contribution in [0.1, 0.15) is 17.4 Å². The number of nitrogens with one attached hydrogen (secondary N) is 3. The molecule has 3 aromatic rings. The van der Waals surface area contributed by atoms with E-state index in [1.165, 1.54) is 0 Å². The van der Waals surface area contributed by atoms with Gasteiger partial charge >= 0.3 is 6.03 Å². The van der Waals surface area contributed by atoms with Crippen LogP contribution in [0.25, 0.3) is 11.4 Å². The highest BCUT2D eigenvalue weighted by molar-refractivity contribution is 6.00. The van der Waals surface area contributed by atoms with E-state index in [4.69, 9.17) is 15.6 Å². The molecule has 6 N–H and O–H groups in total. The van der Waals surface area contributed by atoms with E-state index in [9.17, 15) is 9.59 Å². The molecule has 0 radical (unpaired) electrons. The zero-order chi connectivity index (χ0) is 22.9. The molecule has 1 heterocycles. The van der Waals surface area contributed by atoms with Gasteiger partial charge in [0, 0.05) is 23.5 Å². The van der Waals surface area contributed by atoms with Crippen molar-refractivity contribution in [2.75, 3.05) is 35.7 Å². The van der Waals surface area contributed by atoms with Crippen LogP contribution in [0.5, 0.6) is 5.75 Å². The smallest absolute Gasteiger partial charge is 0.323 e. The molecule has 32 heavy (non-hydrogen) atoms. The van der Waals surface area contributed by atoms with Gasteiger partial charge in [-0.15, -0.1) is 0 Å². The number of rotatable bonds is 9. The molecule has 10 nitrogen and oxygen atoms in total. The fraction of sp³-hybridized carbons (Fsp3) is 0.182. The molecule has 0 aliphatic rings. The summed E-state index contributed by atoms with van der Waals surface area (Å²) in [6, 6.07) is 15.5. The number of nitrogens with two attached hydrogens (primary N) is 1. The monoisotopic (exact) mass is 436 g/mol. The van der Waals surface area contributed by atoms with Crippen LogP contribution in [-0.4, -0.2) is 46.8 Å². The quantitative estimate of drug-likeness (QED) is 0.346. The van der Waals surface area contributed by atoms with Gasteiger partial charge < -0.3 is 31.5 Å². The lowest BCUT2D eigenvalue weighted by Gasteiger charge is -2.15. The molecule has 0 atom stereocenters. The lowest BCUT2D eigenvalue weighted by Crippen LogP contribution is -2.19. The highest BCUT2D eigenvalue weighted by Gasteiger charge is 2.20. The molecule has 0 fully saturated rings. The van der Waals surface area contributed by atoms with E-state index in [2.05, 4.69) is 25.9 Å². The highest BCUT2D eigenvalue weighted by atomic mass is 16.5. The molecular formula is C22H24N6O4. The van der Waals surface area contributed by atoms with Gasteiger partial charge in [-0.2, -0.15) is 0 Å². The minimum absolute atomic E-state index is 0.0678. The maximum atomic E-state index is 12.2. The molecule has 10 heteroatoms. The molecule has 0 unspecified atom stereocenters. The average molecular weight is 436 g/mol. The molecule has 0 saturated carbocycles. The zero-order valence-corrected chi connectivity index (χ0v) is 17.5. The van der Waals surface area contributed by atoms with Crippen LogP contribution < -0.4 is 26.4 Å². The molecule has 166 valence electrons. The standard InChI is InChI=1S/C22H24N6O4/c1-2-32-18-17(19(23)30)27-20(28-21(18)24-12-13-29)14-8-10-16(11-9-14)26-22(31)25-15-6-4-3-5-7-15/h3-11,29H,2,12-13H2,1H3,(H2,23,30)(H,24,27,28)(H2,25,26,31). The van der Waals surface area contributed by atoms with E-state index < -0.39 is 5.91 Å². The summed E-state index contributed by atoms with van der Waals surface area (Å²) in [5.74, 6) is -0.139. The number of aromatic nitrogens is 2. The Kier molecular flexibility index (Phi) is 7.55. The summed E-state index contributed by atoms with van der Waals surface area (Å²) in [4.78, 5) is 32.8. The SMILES string of the molecule is CCOc1c(NCCO)nc(-c2ccc(NC(=O)Nc3ccccc3)cc2)nc1C(N)=O. The number of carbonyl (C=O) groups is 2. The number of primary amides is 1. The van der Waals surface area contributed by atoms with Crippen LogP contribution in [-0.2, 0) is 0 Å². The number of hydrogen-bond acceptors (Lipinski definition) is 7. The number of urea groups is 1. The first-order valence-corrected chi connectivity index (χ1v) is 9.94. The van der Waals surface area contributed by atoms with Gasteiger partial charge in [0.2, 0.25) is 0 Å². The molecule has 3 amide bonds. The maximum absolute atomic E-state index is 12.2. The first kappa shape index (κ1) is 22.5. The van der Waals surface area contributed by atoms with Crippen molar-refractivity contribution in [1.82, 2.24) is 9.97 Å². The Morgan fingerprint density at radius 2 is 1.66 bits per heavy atom. The predicted molar refractivity (Wildman–Crippen MR) is 122 cm³/mol. The zero-order valence-electron chi connectivity index (χ0n) is 17.5. The Bertz CT molecular complexity index is 1070. The van der Waals surface area contributed by atoms with Gasteiger partial charge in [0.25, 0.3) is 5.91 Å². The Morgan fingerprint density at radius 3 is 2.25 bits per heavy atom. The third-order valence-electron chi connectivity index (χ3n) is 4.22. The van der Waals surface area contributed by atoms with Gasteiger partial charge in [0.15, 0.2) is 23.1 Å². The second-order valence-corrected chi connectivity index (χ2v) is 6.54. The lowest BCUT2D eigenvalue weighted by molar-refractivity contribution is 0.0991. The largest absolute Gasteiger partial charge is 0.488 e. The second kappa shape index (κ2) is 10.7. The number of anilines is 3. The second-order valence-electron chi connectivity index (χ2n) is 6.54. The van der Waals surface area contributed by atoms with E-state index in [1.807, 2.05) is 18.2 Å². The van der Waals surface area contributed by atoms with E-state index in [-0.39, 0.29) is 48.9 Å². The summed E-state index contributed by atoms with van der Waals surface area (Å²) in [7, 11) is 0. The fourth-order valence-electron chi connectivity index (χ4n) is 2.84. The van der Waals surface area contributed by atoms with Gasteiger partial charge in [0.1, 0.15) is 0 Å². The van der Waals surface area contributed by atoms with Gasteiger partial charge in [-0.1, -0.05) is 18.2 Å². The number of benzene rings is 2. The molecule has 0 spiro atoms. The van der Waals surface area contributed by atoms with Gasteiger partial charge in [0.05, 0.1) is 13.2 Å². The van der Waals surface area contributed by atoms with Crippen molar-refractivity contribution in [3.63, 3.8) is 0 Å². The molecule has 0 aliphatic carbocycles. The lowest BCUT2D eigenvalue weighted by atomic mass is 10.2. The first-order valence-electron chi connectivity index (χ1n) is 9.94. The number of amides is 3. The Hall–Kier alpha value is -4.18. The minimum Gasteiger partial charge on any atom is -0.488 e. The van der Waals surface area contributed by atoms with Crippen molar-refractivity contribution < 1.29 is 19.4 Å². The van der Waals surface area contributed by atoms with Crippen molar-refractivity contribution in [2.45, 2.75) is 6.92 Å². The third-order valence-corrected chi connectivity index (χ3v) is 4.22. The van der Waals surface area contributed by atoms with Crippen molar-refractivity contribution in [2.24, 2.45) is 5.73 Å². The number of carbonyl (C=O) groups excluding carboxylic acids is 2. The van der Waals surface area contributed by atoms with Crippen molar-refractivity contribution >= 4 is 29.1 Å². The Morgan fingerprint density at radius 1 is 1.00 bits per heavy atom. The van der Waals surface area contributed by atoms with Crippen LogP contribution in [0.3, 0.4) is 0 Å². The van der Waals surface area contributed by atoms with E-state index in [0.717, 1.165) is 0 Å². The molecular weight excluding hydrogens is 412 g/mol. The summed E-state index contributed by atoms with van der Waals surface area (Å²) in [6.45, 7) is 2.10. The number of hydrogen-bond donors (Lipinski definition) is 5. The summed E-state index contributed by atoms with van der Waals surface area (Å²) in [6.07, 6.45) is 0. The Labute approximate surface area is 184 Å². The van der Waals surface area contributed by atoms with Crippen LogP contribution in [0.2, 0.25) is 0 Å². The number of aliphatic hydroxyl groups excluding tert-OH is 1. The normalized spacial score (nSPS) is 10.3. The van der Waals surface area contributed by atoms with Crippen LogP contribution >= 0.6 is 0 Å². The Balaban J connectivity index is 1.83. The molecule has 0 saturated heterocycles. The van der Waals surface area contributed by atoms with Crippen molar-refractivity contribution in [3.05, 3.63) is 60.3 Å². The van der Waals surface area contributed by atoms with Crippen LogP contribution in [0.4, 0.5) is 22.0 Å². The molecule has 3 rings (SSSR count). The van der Waals surface area contributed by atoms with Crippen LogP contribution in [0, 0.1) is 0 Å². The number of aliphatic hydroxyl groups is 1. The average Bonchev–Trinajstić information content (AvgIpc) is 2.79. The van der Waals surface area contributed by atoms with Gasteiger partial charge in [-0.05, 0) is 43.3 Å². The summed E-state index contributed by atoms with van der Waals surface area (Å²) < 4.78 is 5.50. The first-order chi connectivity index (χ1) is 15.5. The number of para-hydroxylation sites is 1. The predicted octanol–water partition coefficient (Wildman–Crippen LogP) is 2.69. The minimum atomic E-state index is -0.764. The number of ether oxygens (including phenoxy) is 1.